The molecule has 1 aliphatic heterocycles. The summed E-state index contributed by atoms with van der Waals surface area (Å²) < 4.78 is 0.612. The molecule has 3 rings (SSSR count). The lowest BCUT2D eigenvalue weighted by Gasteiger charge is -2.27. The summed E-state index contributed by atoms with van der Waals surface area (Å²) in [5, 5.41) is 26.5. The van der Waals surface area contributed by atoms with Crippen molar-refractivity contribution in [3.05, 3.63) is 62.4 Å². The van der Waals surface area contributed by atoms with Gasteiger partial charge in [-0.25, -0.2) is 0 Å². The second kappa shape index (κ2) is 5.72. The Labute approximate surface area is 142 Å². The first-order valence-electron chi connectivity index (χ1n) is 7.04. The van der Waals surface area contributed by atoms with Gasteiger partial charge in [-0.2, -0.15) is 4.74 Å². The van der Waals surface area contributed by atoms with Crippen molar-refractivity contribution in [1.82, 2.24) is 5.06 Å². The van der Waals surface area contributed by atoms with E-state index in [0.29, 0.717) is 21.0 Å². The van der Waals surface area contributed by atoms with Crippen LogP contribution in [0.4, 0.5) is 0 Å². The van der Waals surface area contributed by atoms with Crippen molar-refractivity contribution in [3.63, 3.8) is 0 Å². The lowest BCUT2D eigenvalue weighted by Crippen LogP contribution is -2.54. The average molecular weight is 351 g/mol. The molecule has 0 radical (unpaired) electrons. The van der Waals surface area contributed by atoms with Gasteiger partial charge in [0.15, 0.2) is 0 Å². The Balaban J connectivity index is 2.09. The first-order valence-corrected chi connectivity index (χ1v) is 8.29. The van der Waals surface area contributed by atoms with Crippen molar-refractivity contribution in [2.24, 2.45) is 0 Å². The summed E-state index contributed by atoms with van der Waals surface area (Å²) in [6.07, 6.45) is 0. The van der Waals surface area contributed by atoms with Crippen molar-refractivity contribution in [1.29, 1.82) is 0 Å². The van der Waals surface area contributed by atoms with Crippen LogP contribution in [0.25, 0.3) is 0 Å². The molecule has 2 heterocycles. The molecule has 0 aliphatic carbocycles. The van der Waals surface area contributed by atoms with Crippen molar-refractivity contribution >= 4 is 34.4 Å². The Kier molecular flexibility index (Phi) is 4.01. The zero-order valence-electron chi connectivity index (χ0n) is 12.6. The maximum Gasteiger partial charge on any atom is 0.312 e. The third-order valence-electron chi connectivity index (χ3n) is 4.13. The normalized spacial score (nSPS) is 25.1. The van der Waals surface area contributed by atoms with E-state index in [1.807, 2.05) is 11.4 Å². The minimum Gasteiger partial charge on any atom is -0.622 e. The van der Waals surface area contributed by atoms with E-state index >= 15 is 0 Å². The predicted molar refractivity (Wildman–Crippen MR) is 89.3 cm³/mol. The molecule has 1 N–H and O–H groups in total. The molecule has 120 valence electrons. The van der Waals surface area contributed by atoms with E-state index in [2.05, 4.69) is 0 Å². The molecule has 0 saturated heterocycles. The van der Waals surface area contributed by atoms with Gasteiger partial charge in [0.25, 0.3) is 5.78 Å². The third-order valence-corrected chi connectivity index (χ3v) is 5.28. The fourth-order valence-electron chi connectivity index (χ4n) is 2.79. The van der Waals surface area contributed by atoms with Crippen LogP contribution in [0.15, 0.2) is 41.8 Å². The molecule has 2 aromatic rings. The first-order chi connectivity index (χ1) is 10.9. The number of carbonyl (C=O) groups excluding carboxylic acids is 1. The van der Waals surface area contributed by atoms with Crippen LogP contribution in [-0.4, -0.2) is 38.2 Å². The number of hydroxylamine groups is 3. The molecule has 0 bridgehead atoms. The SMILES string of the molecule is C[C@@H]1C(c2cccs2)=[N+]([O-])[C@](C)(C(=O)c2ccc(Cl)cc2)N1O. The van der Waals surface area contributed by atoms with E-state index < -0.39 is 17.5 Å². The topological polar surface area (TPSA) is 66.6 Å². The molecule has 0 fully saturated rings. The van der Waals surface area contributed by atoms with Crippen molar-refractivity contribution in [2.75, 3.05) is 0 Å². The summed E-state index contributed by atoms with van der Waals surface area (Å²) in [7, 11) is 0. The minimum absolute atomic E-state index is 0.316. The second-order valence-corrected chi connectivity index (χ2v) is 6.92. The van der Waals surface area contributed by atoms with Gasteiger partial charge in [-0.3, -0.25) is 4.79 Å². The fourth-order valence-corrected chi connectivity index (χ4v) is 3.75. The van der Waals surface area contributed by atoms with Crippen LogP contribution in [0.2, 0.25) is 5.02 Å². The van der Waals surface area contributed by atoms with Crippen LogP contribution in [0.5, 0.6) is 0 Å². The molecule has 7 heteroatoms. The van der Waals surface area contributed by atoms with Crippen molar-refractivity contribution in [3.8, 4) is 0 Å². The molecule has 1 aromatic heterocycles. The van der Waals surface area contributed by atoms with Crippen molar-refractivity contribution in [2.45, 2.75) is 25.6 Å². The summed E-state index contributed by atoms with van der Waals surface area (Å²) in [6, 6.07) is 9.29. The molecule has 0 unspecified atom stereocenters. The Morgan fingerprint density at radius 1 is 1.39 bits per heavy atom. The number of Topliss-reactive ketones (excluding diaryl/α,β-unsaturated/α-hetero) is 1. The highest BCUT2D eigenvalue weighted by atomic mass is 35.5. The largest absolute Gasteiger partial charge is 0.622 e. The van der Waals surface area contributed by atoms with Gasteiger partial charge >= 0.3 is 5.66 Å². The second-order valence-electron chi connectivity index (χ2n) is 5.53. The molecular weight excluding hydrogens is 336 g/mol. The Morgan fingerprint density at radius 3 is 2.61 bits per heavy atom. The Morgan fingerprint density at radius 2 is 2.04 bits per heavy atom. The molecule has 1 aromatic carbocycles. The number of ketones is 1. The average Bonchev–Trinajstić information content (AvgIpc) is 3.12. The van der Waals surface area contributed by atoms with Gasteiger partial charge < -0.3 is 10.4 Å². The highest BCUT2D eigenvalue weighted by Crippen LogP contribution is 2.32. The summed E-state index contributed by atoms with van der Waals surface area (Å²) in [5.41, 5.74) is -1.02. The highest BCUT2D eigenvalue weighted by Gasteiger charge is 2.58. The van der Waals surface area contributed by atoms with Crippen LogP contribution in [0.3, 0.4) is 0 Å². The van der Waals surface area contributed by atoms with E-state index in [0.717, 1.165) is 9.94 Å². The predicted octanol–water partition coefficient (Wildman–Crippen LogP) is 3.39. The van der Waals surface area contributed by atoms with E-state index in [4.69, 9.17) is 11.6 Å². The van der Waals surface area contributed by atoms with E-state index in [1.54, 1.807) is 37.3 Å². The summed E-state index contributed by atoms with van der Waals surface area (Å²) >= 11 is 7.23. The molecule has 0 saturated carbocycles. The number of benzene rings is 1. The van der Waals surface area contributed by atoms with Crippen molar-refractivity contribution < 1.29 is 14.7 Å². The number of nitrogens with zero attached hydrogens (tertiary/aromatic N) is 2. The summed E-state index contributed by atoms with van der Waals surface area (Å²) in [4.78, 5) is 13.6. The quantitative estimate of drug-likeness (QED) is 0.523. The van der Waals surface area contributed by atoms with E-state index in [-0.39, 0.29) is 0 Å². The summed E-state index contributed by atoms with van der Waals surface area (Å²) in [5.74, 6) is -0.481. The van der Waals surface area contributed by atoms with Gasteiger partial charge in [-0.15, -0.1) is 16.4 Å². The molecular formula is C16H15ClN2O3S. The lowest BCUT2D eigenvalue weighted by atomic mass is 10.00. The van der Waals surface area contributed by atoms with Crippen LogP contribution < -0.4 is 0 Å². The van der Waals surface area contributed by atoms with Gasteiger partial charge in [0, 0.05) is 17.5 Å². The maximum absolute atomic E-state index is 12.9. The van der Waals surface area contributed by atoms with Gasteiger partial charge in [-0.1, -0.05) is 17.7 Å². The fraction of sp³-hybridized carbons (Fsp3) is 0.250. The van der Waals surface area contributed by atoms with Gasteiger partial charge in [-0.05, 0) is 42.6 Å². The van der Waals surface area contributed by atoms with Crippen LogP contribution in [0, 0.1) is 5.21 Å². The zero-order chi connectivity index (χ0) is 16.8. The molecule has 1 aliphatic rings. The molecule has 2 atom stereocenters. The van der Waals surface area contributed by atoms with E-state index in [1.165, 1.54) is 18.3 Å². The van der Waals surface area contributed by atoms with Gasteiger partial charge in [0.2, 0.25) is 5.71 Å². The number of rotatable bonds is 3. The Bertz CT molecular complexity index is 773. The third kappa shape index (κ3) is 2.38. The molecule has 0 spiro atoms. The lowest BCUT2D eigenvalue weighted by molar-refractivity contribution is -0.561. The number of carbonyl (C=O) groups is 1. The number of hydrogen-bond donors (Lipinski definition) is 1. The summed E-state index contributed by atoms with van der Waals surface area (Å²) in [6.45, 7) is 3.12. The number of thiophene rings is 1. The smallest absolute Gasteiger partial charge is 0.312 e. The van der Waals surface area contributed by atoms with Crippen LogP contribution >= 0.6 is 22.9 Å². The van der Waals surface area contributed by atoms with Gasteiger partial charge in [0.05, 0.1) is 4.88 Å². The molecule has 5 nitrogen and oxygen atoms in total. The van der Waals surface area contributed by atoms with Gasteiger partial charge in [0.1, 0.15) is 6.04 Å². The highest BCUT2D eigenvalue weighted by molar-refractivity contribution is 7.12. The monoisotopic (exact) mass is 350 g/mol. The van der Waals surface area contributed by atoms with E-state index in [9.17, 15) is 15.2 Å². The van der Waals surface area contributed by atoms with Crippen LogP contribution in [-0.2, 0) is 0 Å². The number of halogens is 1. The molecule has 0 amide bonds. The zero-order valence-corrected chi connectivity index (χ0v) is 14.1. The maximum atomic E-state index is 12.9. The van der Waals surface area contributed by atoms with Crippen LogP contribution in [0.1, 0.15) is 29.1 Å². The Hall–Kier alpha value is -1.73. The number of hydrogen-bond acceptors (Lipinski definition) is 5. The standard InChI is InChI=1S/C16H15ClN2O3S/c1-10-14(13-4-3-9-23-13)19(22)16(2,18(10)21)15(20)11-5-7-12(17)8-6-11/h3-10,21H,1-2H3/t10-,16-/m1/s1. The first kappa shape index (κ1) is 16.1. The molecule has 23 heavy (non-hydrogen) atoms. The minimum atomic E-state index is -1.72.